The quantitative estimate of drug-likeness (QED) is 0.305. The van der Waals surface area contributed by atoms with E-state index in [0.29, 0.717) is 18.6 Å². The van der Waals surface area contributed by atoms with Crippen LogP contribution in [0, 0.1) is 11.8 Å². The molecule has 0 aromatic heterocycles. The fourth-order valence-electron chi connectivity index (χ4n) is 5.69. The number of rotatable bonds is 9. The molecule has 0 saturated heterocycles. The Bertz CT molecular complexity index is 692. The Kier molecular flexibility index (Phi) is 9.51. The number of halogens is 3. The number of nitrogens with one attached hydrogen (secondary N) is 1. The molecule has 2 aliphatic carbocycles. The van der Waals surface area contributed by atoms with Crippen LogP contribution in [0.3, 0.4) is 0 Å². The maximum atomic E-state index is 13.1. The average molecular weight is 452 g/mol. The predicted molar refractivity (Wildman–Crippen MR) is 125 cm³/mol. The van der Waals surface area contributed by atoms with Crippen LogP contribution in [0.1, 0.15) is 94.6 Å². The highest BCUT2D eigenvalue weighted by atomic mass is 19.4. The number of benzene rings is 1. The molecule has 2 aliphatic rings. The highest BCUT2D eigenvalue weighted by Crippen LogP contribution is 2.40. The number of alkyl halides is 3. The van der Waals surface area contributed by atoms with Gasteiger partial charge in [0.25, 0.3) is 0 Å². The zero-order valence-corrected chi connectivity index (χ0v) is 19.6. The summed E-state index contributed by atoms with van der Waals surface area (Å²) in [4.78, 5) is 0. The fraction of sp³-hybridized carbons (Fsp3) is 0.704. The van der Waals surface area contributed by atoms with Crippen molar-refractivity contribution in [2.45, 2.75) is 95.7 Å². The Morgan fingerprint density at radius 2 is 1.69 bits per heavy atom. The second-order valence-corrected chi connectivity index (χ2v) is 9.79. The van der Waals surface area contributed by atoms with Gasteiger partial charge in [0.05, 0.1) is 17.9 Å². The molecule has 5 heteroatoms. The molecule has 32 heavy (non-hydrogen) atoms. The largest absolute Gasteiger partial charge is 0.499 e. The molecule has 0 amide bonds. The molecular weight excluding hydrogens is 411 g/mol. The Hall–Kier alpha value is -1.49. The monoisotopic (exact) mass is 451 g/mol. The van der Waals surface area contributed by atoms with Crippen molar-refractivity contribution in [2.75, 3.05) is 13.2 Å². The third kappa shape index (κ3) is 7.54. The van der Waals surface area contributed by atoms with Gasteiger partial charge in [0, 0.05) is 12.5 Å². The molecule has 0 spiro atoms. The van der Waals surface area contributed by atoms with Crippen LogP contribution >= 0.6 is 0 Å². The van der Waals surface area contributed by atoms with E-state index in [0.717, 1.165) is 49.5 Å². The minimum absolute atomic E-state index is 0.222. The molecule has 0 bridgehead atoms. The van der Waals surface area contributed by atoms with E-state index in [2.05, 4.69) is 11.9 Å². The van der Waals surface area contributed by atoms with Gasteiger partial charge in [0.2, 0.25) is 0 Å². The number of allylic oxidation sites excluding steroid dienone is 1. The predicted octanol–water partition coefficient (Wildman–Crippen LogP) is 7.85. The third-order valence-corrected chi connectivity index (χ3v) is 7.42. The summed E-state index contributed by atoms with van der Waals surface area (Å²) in [6.07, 6.45) is 8.99. The maximum absolute atomic E-state index is 13.1. The molecule has 0 heterocycles. The van der Waals surface area contributed by atoms with E-state index in [4.69, 9.17) is 4.74 Å². The van der Waals surface area contributed by atoms with Gasteiger partial charge in [-0.05, 0) is 74.6 Å². The van der Waals surface area contributed by atoms with Crippen molar-refractivity contribution in [1.82, 2.24) is 5.32 Å². The van der Waals surface area contributed by atoms with Crippen LogP contribution in [-0.2, 0) is 10.9 Å². The van der Waals surface area contributed by atoms with Crippen molar-refractivity contribution in [2.24, 2.45) is 11.8 Å². The summed E-state index contributed by atoms with van der Waals surface area (Å²) in [5.74, 6) is 2.32. The van der Waals surface area contributed by atoms with Crippen LogP contribution in [-0.4, -0.2) is 19.2 Å². The van der Waals surface area contributed by atoms with Gasteiger partial charge in [-0.2, -0.15) is 13.2 Å². The molecule has 2 nitrogen and oxygen atoms in total. The highest BCUT2D eigenvalue weighted by Gasteiger charge is 2.34. The first-order valence-electron chi connectivity index (χ1n) is 12.6. The summed E-state index contributed by atoms with van der Waals surface area (Å²) in [6, 6.07) is 6.16. The Morgan fingerprint density at radius 3 is 2.31 bits per heavy atom. The minimum Gasteiger partial charge on any atom is -0.499 e. The van der Waals surface area contributed by atoms with E-state index in [1.54, 1.807) is 12.1 Å². The fourth-order valence-corrected chi connectivity index (χ4v) is 5.69. The van der Waals surface area contributed by atoms with Crippen molar-refractivity contribution in [3.8, 4) is 0 Å². The Morgan fingerprint density at radius 1 is 1.00 bits per heavy atom. The van der Waals surface area contributed by atoms with Crippen molar-refractivity contribution in [1.29, 1.82) is 0 Å². The molecule has 0 radical (unpaired) electrons. The second-order valence-electron chi connectivity index (χ2n) is 9.79. The van der Waals surface area contributed by atoms with Gasteiger partial charge in [-0.25, -0.2) is 0 Å². The average Bonchev–Trinajstić information content (AvgIpc) is 3.03. The van der Waals surface area contributed by atoms with Gasteiger partial charge in [0.1, 0.15) is 0 Å². The number of ether oxygens (including phenoxy) is 1. The zero-order chi connectivity index (χ0) is 23.0. The van der Waals surface area contributed by atoms with Crippen LogP contribution in [0.4, 0.5) is 13.2 Å². The molecule has 1 aromatic rings. The van der Waals surface area contributed by atoms with Gasteiger partial charge < -0.3 is 10.1 Å². The summed E-state index contributed by atoms with van der Waals surface area (Å²) in [5, 5.41) is 3.81. The lowest BCUT2D eigenvalue weighted by molar-refractivity contribution is -0.137. The lowest BCUT2D eigenvalue weighted by atomic mass is 9.73. The summed E-state index contributed by atoms with van der Waals surface area (Å²) in [7, 11) is 0. The summed E-state index contributed by atoms with van der Waals surface area (Å²) in [6.45, 7) is 7.63. The van der Waals surface area contributed by atoms with E-state index in [1.807, 2.05) is 6.92 Å². The lowest BCUT2D eigenvalue weighted by Crippen LogP contribution is -2.40. The molecule has 2 saturated carbocycles. The molecule has 1 aromatic carbocycles. The molecule has 180 valence electrons. The van der Waals surface area contributed by atoms with E-state index < -0.39 is 11.7 Å². The van der Waals surface area contributed by atoms with E-state index >= 15 is 0 Å². The van der Waals surface area contributed by atoms with Crippen LogP contribution < -0.4 is 5.32 Å². The van der Waals surface area contributed by atoms with Crippen LogP contribution in [0.5, 0.6) is 0 Å². The summed E-state index contributed by atoms with van der Waals surface area (Å²) in [5.41, 5.74) is 0.438. The van der Waals surface area contributed by atoms with Crippen LogP contribution in [0.25, 0.3) is 0 Å². The third-order valence-electron chi connectivity index (χ3n) is 7.42. The molecule has 1 N–H and O–H groups in total. The minimum atomic E-state index is -4.29. The van der Waals surface area contributed by atoms with Crippen LogP contribution in [0.15, 0.2) is 36.6 Å². The van der Waals surface area contributed by atoms with Gasteiger partial charge in [-0.3, -0.25) is 0 Å². The molecular formula is C27H40F3NO. The molecule has 3 rings (SSSR count). The van der Waals surface area contributed by atoms with Crippen LogP contribution in [0.2, 0.25) is 0 Å². The van der Waals surface area contributed by atoms with E-state index in [9.17, 15) is 13.2 Å². The topological polar surface area (TPSA) is 21.3 Å². The molecule has 3 atom stereocenters. The van der Waals surface area contributed by atoms with Crippen molar-refractivity contribution >= 4 is 0 Å². The van der Waals surface area contributed by atoms with Gasteiger partial charge in [-0.15, -0.1) is 0 Å². The number of hydrogen-bond donors (Lipinski definition) is 1. The smallest absolute Gasteiger partial charge is 0.416 e. The maximum Gasteiger partial charge on any atom is 0.416 e. The summed E-state index contributed by atoms with van der Waals surface area (Å²) >= 11 is 0. The number of hydrogen-bond acceptors (Lipinski definition) is 2. The Labute approximate surface area is 192 Å². The first-order valence-corrected chi connectivity index (χ1v) is 12.6. The summed E-state index contributed by atoms with van der Waals surface area (Å²) < 4.78 is 44.7. The molecule has 0 aliphatic heterocycles. The first kappa shape index (κ1) is 25.1. The van der Waals surface area contributed by atoms with Gasteiger partial charge in [0.15, 0.2) is 0 Å². The lowest BCUT2D eigenvalue weighted by Gasteiger charge is -2.38. The standard InChI is InChI=1S/C27H40F3NO/c1-3-32-20(2)18-22-10-15-26(31-17-16-21-8-6-4-5-7-9-21)25(19-22)23-11-13-24(14-12-23)27(28,29)30/h11-14,21-22,25-26,31H,2-10,15-19H2,1H3/t22-,25-,26+/m0/s1. The van der Waals surface area contributed by atoms with E-state index in [1.165, 1.54) is 57.1 Å². The Balaban J connectivity index is 1.64. The van der Waals surface area contributed by atoms with Crippen molar-refractivity contribution < 1.29 is 17.9 Å². The van der Waals surface area contributed by atoms with Gasteiger partial charge >= 0.3 is 6.18 Å². The zero-order valence-electron chi connectivity index (χ0n) is 19.6. The first-order chi connectivity index (χ1) is 15.4. The SMILES string of the molecule is C=C(C[C@@H]1CC[C@@H](NCCC2CCCCCC2)[C@H](c2ccc(C(F)(F)F)cc2)C1)OCC. The van der Waals surface area contributed by atoms with Crippen molar-refractivity contribution in [3.05, 3.63) is 47.7 Å². The van der Waals surface area contributed by atoms with Gasteiger partial charge in [-0.1, -0.05) is 57.2 Å². The highest BCUT2D eigenvalue weighted by molar-refractivity contribution is 5.28. The van der Waals surface area contributed by atoms with E-state index in [-0.39, 0.29) is 5.92 Å². The molecule has 2 fully saturated rings. The van der Waals surface area contributed by atoms with Crippen molar-refractivity contribution in [3.63, 3.8) is 0 Å². The normalized spacial score (nSPS) is 25.3. The second kappa shape index (κ2) is 12.1. The molecule has 0 unspecified atom stereocenters.